The maximum absolute atomic E-state index is 11.7. The molecule has 0 aromatic carbocycles. The summed E-state index contributed by atoms with van der Waals surface area (Å²) in [6, 6.07) is 0. The third kappa shape index (κ3) is 3.06. The fraction of sp³-hybridized carbons (Fsp3) is 0.636. The SMILES string of the molecule is COC(=O)c1nc(NCC2CCCS2(=O)=O)sc1C. The maximum atomic E-state index is 11.7. The van der Waals surface area contributed by atoms with E-state index in [9.17, 15) is 13.2 Å². The highest BCUT2D eigenvalue weighted by Gasteiger charge is 2.31. The van der Waals surface area contributed by atoms with Crippen LogP contribution in [0.2, 0.25) is 0 Å². The molecule has 0 radical (unpaired) electrons. The van der Waals surface area contributed by atoms with Crippen LogP contribution in [0.1, 0.15) is 28.2 Å². The lowest BCUT2D eigenvalue weighted by molar-refractivity contribution is 0.0594. The highest BCUT2D eigenvalue weighted by molar-refractivity contribution is 7.92. The van der Waals surface area contributed by atoms with Crippen molar-refractivity contribution in [2.75, 3.05) is 24.7 Å². The van der Waals surface area contributed by atoms with Crippen molar-refractivity contribution < 1.29 is 17.9 Å². The molecular formula is C11H16N2O4S2. The number of esters is 1. The fourth-order valence-electron chi connectivity index (χ4n) is 2.05. The van der Waals surface area contributed by atoms with Gasteiger partial charge in [-0.15, -0.1) is 11.3 Å². The van der Waals surface area contributed by atoms with E-state index in [4.69, 9.17) is 0 Å². The molecular weight excluding hydrogens is 288 g/mol. The van der Waals surface area contributed by atoms with E-state index in [2.05, 4.69) is 15.0 Å². The average Bonchev–Trinajstić information content (AvgIpc) is 2.88. The van der Waals surface area contributed by atoms with Crippen molar-refractivity contribution in [2.24, 2.45) is 0 Å². The summed E-state index contributed by atoms with van der Waals surface area (Å²) < 4.78 is 28.0. The number of aryl methyl sites for hydroxylation is 1. The lowest BCUT2D eigenvalue weighted by atomic mass is 10.2. The number of ether oxygens (including phenoxy) is 1. The summed E-state index contributed by atoms with van der Waals surface area (Å²) in [5.41, 5.74) is 0.282. The first-order valence-electron chi connectivity index (χ1n) is 5.95. The Hall–Kier alpha value is -1.15. The second-order valence-corrected chi connectivity index (χ2v) is 8.03. The van der Waals surface area contributed by atoms with Crippen molar-refractivity contribution in [2.45, 2.75) is 25.0 Å². The van der Waals surface area contributed by atoms with Crippen LogP contribution >= 0.6 is 11.3 Å². The minimum atomic E-state index is -2.96. The zero-order chi connectivity index (χ0) is 14.0. The Kier molecular flexibility index (Phi) is 4.10. The number of nitrogens with zero attached hydrogens (tertiary/aromatic N) is 1. The van der Waals surface area contributed by atoms with E-state index in [1.54, 1.807) is 6.92 Å². The molecule has 1 unspecified atom stereocenters. The molecule has 1 fully saturated rings. The molecule has 1 aromatic rings. The molecule has 1 atom stereocenters. The van der Waals surface area contributed by atoms with Gasteiger partial charge in [0.05, 0.1) is 18.1 Å². The van der Waals surface area contributed by atoms with E-state index in [1.165, 1.54) is 18.4 Å². The predicted molar refractivity (Wildman–Crippen MR) is 73.5 cm³/mol. The quantitative estimate of drug-likeness (QED) is 0.842. The van der Waals surface area contributed by atoms with Crippen LogP contribution in [-0.2, 0) is 14.6 Å². The third-order valence-electron chi connectivity index (χ3n) is 3.12. The second kappa shape index (κ2) is 5.46. The van der Waals surface area contributed by atoms with Gasteiger partial charge in [0, 0.05) is 11.4 Å². The Balaban J connectivity index is 2.03. The molecule has 0 amide bonds. The van der Waals surface area contributed by atoms with Gasteiger partial charge >= 0.3 is 5.97 Å². The lowest BCUT2D eigenvalue weighted by Crippen LogP contribution is -2.25. The number of rotatable bonds is 4. The van der Waals surface area contributed by atoms with Gasteiger partial charge in [0.25, 0.3) is 0 Å². The van der Waals surface area contributed by atoms with Crippen molar-refractivity contribution in [1.29, 1.82) is 0 Å². The number of carbonyl (C=O) groups excluding carboxylic acids is 1. The maximum Gasteiger partial charge on any atom is 0.357 e. The van der Waals surface area contributed by atoms with Crippen LogP contribution in [0.25, 0.3) is 0 Å². The summed E-state index contributed by atoms with van der Waals surface area (Å²) in [6.07, 6.45) is 1.41. The molecule has 0 aliphatic carbocycles. The van der Waals surface area contributed by atoms with Gasteiger partial charge in [0.15, 0.2) is 20.7 Å². The number of carbonyl (C=O) groups is 1. The summed E-state index contributed by atoms with van der Waals surface area (Å²) in [4.78, 5) is 16.3. The van der Waals surface area contributed by atoms with Gasteiger partial charge in [-0.1, -0.05) is 0 Å². The molecule has 2 rings (SSSR count). The third-order valence-corrected chi connectivity index (χ3v) is 6.32. The van der Waals surface area contributed by atoms with Crippen LogP contribution in [0.15, 0.2) is 0 Å². The Labute approximate surface area is 116 Å². The first-order valence-corrected chi connectivity index (χ1v) is 8.48. The van der Waals surface area contributed by atoms with Crippen LogP contribution in [-0.4, -0.2) is 44.0 Å². The zero-order valence-corrected chi connectivity index (χ0v) is 12.4. The van der Waals surface area contributed by atoms with E-state index in [-0.39, 0.29) is 16.7 Å². The number of hydrogen-bond acceptors (Lipinski definition) is 7. The van der Waals surface area contributed by atoms with Gasteiger partial charge in [-0.2, -0.15) is 0 Å². The summed E-state index contributed by atoms with van der Waals surface area (Å²) in [6.45, 7) is 2.12. The van der Waals surface area contributed by atoms with Gasteiger partial charge in [-0.25, -0.2) is 18.2 Å². The number of aromatic nitrogens is 1. The minimum Gasteiger partial charge on any atom is -0.464 e. The Morgan fingerprint density at radius 2 is 2.32 bits per heavy atom. The van der Waals surface area contributed by atoms with E-state index in [1.807, 2.05) is 0 Å². The van der Waals surface area contributed by atoms with Crippen LogP contribution < -0.4 is 5.32 Å². The molecule has 0 saturated carbocycles. The average molecular weight is 304 g/mol. The van der Waals surface area contributed by atoms with Gasteiger partial charge in [0.2, 0.25) is 0 Å². The topological polar surface area (TPSA) is 85.4 Å². The van der Waals surface area contributed by atoms with Crippen molar-refractivity contribution >= 4 is 32.3 Å². The molecule has 2 heterocycles. The number of hydrogen-bond donors (Lipinski definition) is 1. The van der Waals surface area contributed by atoms with Crippen LogP contribution in [0.5, 0.6) is 0 Å². The molecule has 19 heavy (non-hydrogen) atoms. The van der Waals surface area contributed by atoms with Crippen molar-refractivity contribution in [3.63, 3.8) is 0 Å². The minimum absolute atomic E-state index is 0.268. The van der Waals surface area contributed by atoms with E-state index in [0.29, 0.717) is 18.1 Å². The van der Waals surface area contributed by atoms with Crippen molar-refractivity contribution in [3.8, 4) is 0 Å². The van der Waals surface area contributed by atoms with Crippen molar-refractivity contribution in [1.82, 2.24) is 4.98 Å². The first kappa shape index (κ1) is 14.3. The summed E-state index contributed by atoms with van der Waals surface area (Å²) >= 11 is 1.32. The molecule has 8 heteroatoms. The van der Waals surface area contributed by atoms with Gasteiger partial charge in [-0.05, 0) is 19.8 Å². The van der Waals surface area contributed by atoms with Gasteiger partial charge in [0.1, 0.15) is 0 Å². The molecule has 106 valence electrons. The highest BCUT2D eigenvalue weighted by Crippen LogP contribution is 2.25. The number of anilines is 1. The molecule has 0 bridgehead atoms. The molecule has 1 aliphatic rings. The molecule has 1 aromatic heterocycles. The molecule has 1 N–H and O–H groups in total. The standard InChI is InChI=1S/C11H16N2O4S2/c1-7-9(10(14)17-2)13-11(18-7)12-6-8-4-3-5-19(8,15)16/h8H,3-6H2,1-2H3,(H,12,13). The molecule has 0 spiro atoms. The monoisotopic (exact) mass is 304 g/mol. The summed E-state index contributed by atoms with van der Waals surface area (Å²) in [5.74, 6) is -0.209. The van der Waals surface area contributed by atoms with E-state index >= 15 is 0 Å². The number of sulfone groups is 1. The van der Waals surface area contributed by atoms with Crippen LogP contribution in [0.3, 0.4) is 0 Å². The van der Waals surface area contributed by atoms with Crippen LogP contribution in [0, 0.1) is 6.92 Å². The summed E-state index contributed by atoms with van der Waals surface area (Å²) in [5, 5.41) is 3.21. The molecule has 1 saturated heterocycles. The Morgan fingerprint density at radius 3 is 2.89 bits per heavy atom. The highest BCUT2D eigenvalue weighted by atomic mass is 32.2. The number of nitrogens with one attached hydrogen (secondary N) is 1. The lowest BCUT2D eigenvalue weighted by Gasteiger charge is -2.09. The molecule has 6 nitrogen and oxygen atoms in total. The first-order chi connectivity index (χ1) is 8.94. The smallest absolute Gasteiger partial charge is 0.357 e. The van der Waals surface area contributed by atoms with E-state index < -0.39 is 15.8 Å². The molecule has 1 aliphatic heterocycles. The summed E-state index contributed by atoms with van der Waals surface area (Å²) in [7, 11) is -1.65. The largest absolute Gasteiger partial charge is 0.464 e. The Bertz CT molecular complexity index is 580. The number of methoxy groups -OCH3 is 1. The number of thiazole rings is 1. The normalized spacial score (nSPS) is 21.3. The second-order valence-electron chi connectivity index (χ2n) is 4.43. The fourth-order valence-corrected chi connectivity index (χ4v) is 4.62. The van der Waals surface area contributed by atoms with Crippen LogP contribution in [0.4, 0.5) is 5.13 Å². The van der Waals surface area contributed by atoms with Crippen molar-refractivity contribution in [3.05, 3.63) is 10.6 Å². The zero-order valence-electron chi connectivity index (χ0n) is 10.8. The van der Waals surface area contributed by atoms with Gasteiger partial charge < -0.3 is 10.1 Å². The predicted octanol–water partition coefficient (Wildman–Crippen LogP) is 1.23. The van der Waals surface area contributed by atoms with E-state index in [0.717, 1.165) is 11.3 Å². The Morgan fingerprint density at radius 1 is 1.58 bits per heavy atom. The van der Waals surface area contributed by atoms with Gasteiger partial charge in [-0.3, -0.25) is 0 Å².